The van der Waals surface area contributed by atoms with E-state index in [1.54, 1.807) is 14.2 Å². The highest BCUT2D eigenvalue weighted by Gasteiger charge is 2.27. The van der Waals surface area contributed by atoms with Crippen molar-refractivity contribution in [2.45, 2.75) is 18.6 Å². The Bertz CT molecular complexity index is 665. The van der Waals surface area contributed by atoms with E-state index in [9.17, 15) is 13.2 Å². The van der Waals surface area contributed by atoms with Gasteiger partial charge in [0.25, 0.3) is 0 Å². The second kappa shape index (κ2) is 11.1. The van der Waals surface area contributed by atoms with Crippen LogP contribution < -0.4 is 20.1 Å². The van der Waals surface area contributed by atoms with Gasteiger partial charge in [-0.25, -0.2) is 0 Å². The second-order valence-corrected chi connectivity index (χ2v) is 6.52. The fourth-order valence-corrected chi connectivity index (χ4v) is 3.14. The predicted octanol–water partition coefficient (Wildman–Crippen LogP) is 2.19. The molecule has 1 aliphatic rings. The molecule has 0 saturated carbocycles. The van der Waals surface area contributed by atoms with Gasteiger partial charge in [-0.3, -0.25) is 9.89 Å². The molecule has 29 heavy (non-hydrogen) atoms. The summed E-state index contributed by atoms with van der Waals surface area (Å²) in [6.07, 6.45) is -5.13. The van der Waals surface area contributed by atoms with Crippen molar-refractivity contribution in [2.24, 2.45) is 4.99 Å². The van der Waals surface area contributed by atoms with E-state index in [4.69, 9.17) is 14.2 Å². The molecule has 2 rings (SSSR count). The van der Waals surface area contributed by atoms with Crippen LogP contribution in [0.1, 0.15) is 18.0 Å². The molecule has 7 nitrogen and oxygen atoms in total. The zero-order valence-corrected chi connectivity index (χ0v) is 17.0. The fourth-order valence-electron chi connectivity index (χ4n) is 3.14. The summed E-state index contributed by atoms with van der Waals surface area (Å²) in [6, 6.07) is 5.68. The normalized spacial score (nSPS) is 17.0. The molecule has 1 heterocycles. The van der Waals surface area contributed by atoms with Gasteiger partial charge >= 0.3 is 6.18 Å². The lowest BCUT2D eigenvalue weighted by atomic mass is 10.0. The molecular formula is C19H29F3N4O3. The summed E-state index contributed by atoms with van der Waals surface area (Å²) < 4.78 is 53.3. The van der Waals surface area contributed by atoms with Crippen LogP contribution in [0, 0.1) is 0 Å². The van der Waals surface area contributed by atoms with Crippen molar-refractivity contribution in [1.82, 2.24) is 15.5 Å². The van der Waals surface area contributed by atoms with Crippen LogP contribution in [0.2, 0.25) is 0 Å². The number of hydrogen-bond donors (Lipinski definition) is 2. The molecule has 1 unspecified atom stereocenters. The van der Waals surface area contributed by atoms with Crippen molar-refractivity contribution in [3.05, 3.63) is 23.8 Å². The molecular weight excluding hydrogens is 389 g/mol. The molecule has 0 spiro atoms. The Morgan fingerprint density at radius 2 is 1.86 bits per heavy atom. The summed E-state index contributed by atoms with van der Waals surface area (Å²) >= 11 is 0. The van der Waals surface area contributed by atoms with E-state index in [0.717, 1.165) is 18.7 Å². The molecule has 1 aliphatic heterocycles. The maximum atomic E-state index is 12.4. The highest BCUT2D eigenvalue weighted by Crippen LogP contribution is 2.32. The average Bonchev–Trinajstić information content (AvgIpc) is 2.72. The largest absolute Gasteiger partial charge is 0.493 e. The van der Waals surface area contributed by atoms with E-state index in [1.807, 2.05) is 18.2 Å². The summed E-state index contributed by atoms with van der Waals surface area (Å²) in [4.78, 5) is 6.28. The summed E-state index contributed by atoms with van der Waals surface area (Å²) in [7, 11) is 4.69. The second-order valence-electron chi connectivity index (χ2n) is 6.52. The maximum absolute atomic E-state index is 12.4. The molecule has 1 atom stereocenters. The van der Waals surface area contributed by atoms with Crippen LogP contribution in [0.5, 0.6) is 11.5 Å². The fraction of sp³-hybridized carbons (Fsp3) is 0.632. The molecule has 1 saturated heterocycles. The molecule has 10 heteroatoms. The van der Waals surface area contributed by atoms with Crippen LogP contribution in [0.25, 0.3) is 0 Å². The van der Waals surface area contributed by atoms with E-state index in [-0.39, 0.29) is 12.6 Å². The SMILES string of the molecule is CN=C(NCCC(F)(F)F)NCC(c1ccc(OC)c(OC)c1)N1CCOCC1. The van der Waals surface area contributed by atoms with Crippen LogP contribution in [-0.4, -0.2) is 77.7 Å². The smallest absolute Gasteiger partial charge is 0.390 e. The number of aliphatic imine (C=N–C) groups is 1. The molecule has 1 aromatic rings. The van der Waals surface area contributed by atoms with Crippen LogP contribution in [0.4, 0.5) is 13.2 Å². The summed E-state index contributed by atoms with van der Waals surface area (Å²) in [5, 5.41) is 5.84. The number of morpholine rings is 1. The van der Waals surface area contributed by atoms with Gasteiger partial charge < -0.3 is 24.8 Å². The Labute approximate surface area is 169 Å². The van der Waals surface area contributed by atoms with Gasteiger partial charge in [0.15, 0.2) is 17.5 Å². The molecule has 1 aromatic carbocycles. The van der Waals surface area contributed by atoms with E-state index in [0.29, 0.717) is 37.2 Å². The predicted molar refractivity (Wildman–Crippen MR) is 105 cm³/mol. The van der Waals surface area contributed by atoms with Crippen LogP contribution in [0.3, 0.4) is 0 Å². The van der Waals surface area contributed by atoms with Gasteiger partial charge in [0.1, 0.15) is 0 Å². The van der Waals surface area contributed by atoms with E-state index >= 15 is 0 Å². The first-order valence-electron chi connectivity index (χ1n) is 9.43. The minimum absolute atomic E-state index is 0.0418. The minimum atomic E-state index is -4.21. The number of methoxy groups -OCH3 is 2. The van der Waals surface area contributed by atoms with Gasteiger partial charge in [-0.05, 0) is 17.7 Å². The molecule has 0 amide bonds. The molecule has 164 valence electrons. The molecule has 0 radical (unpaired) electrons. The zero-order chi connectivity index (χ0) is 21.3. The Morgan fingerprint density at radius 3 is 2.45 bits per heavy atom. The first kappa shape index (κ1) is 23.1. The van der Waals surface area contributed by atoms with Crippen LogP contribution in [0.15, 0.2) is 23.2 Å². The molecule has 0 bridgehead atoms. The number of halogens is 3. The van der Waals surface area contributed by atoms with Gasteiger partial charge in [0, 0.05) is 33.2 Å². The third-order valence-electron chi connectivity index (χ3n) is 4.67. The number of ether oxygens (including phenoxy) is 3. The van der Waals surface area contributed by atoms with Crippen molar-refractivity contribution in [1.29, 1.82) is 0 Å². The van der Waals surface area contributed by atoms with Crippen LogP contribution >= 0.6 is 0 Å². The average molecular weight is 418 g/mol. The van der Waals surface area contributed by atoms with E-state index in [2.05, 4.69) is 20.5 Å². The first-order valence-corrected chi connectivity index (χ1v) is 9.43. The van der Waals surface area contributed by atoms with E-state index < -0.39 is 12.6 Å². The minimum Gasteiger partial charge on any atom is -0.493 e. The number of rotatable bonds is 8. The maximum Gasteiger partial charge on any atom is 0.390 e. The van der Waals surface area contributed by atoms with Crippen molar-refractivity contribution in [2.75, 3.05) is 60.7 Å². The summed E-state index contributed by atoms with van der Waals surface area (Å²) in [6.45, 7) is 2.98. The quantitative estimate of drug-likeness (QED) is 0.498. The highest BCUT2D eigenvalue weighted by atomic mass is 19.4. The standard InChI is InChI=1S/C19H29F3N4O3/c1-23-18(24-7-6-19(20,21)22)25-13-15(26-8-10-29-11-9-26)14-4-5-16(27-2)17(12-14)28-3/h4-5,12,15H,6-11,13H2,1-3H3,(H2,23,24,25). The summed E-state index contributed by atoms with van der Waals surface area (Å²) in [5.74, 6) is 1.58. The van der Waals surface area contributed by atoms with Crippen molar-refractivity contribution in [3.63, 3.8) is 0 Å². The van der Waals surface area contributed by atoms with Gasteiger partial charge in [-0.1, -0.05) is 6.07 Å². The molecule has 0 aliphatic carbocycles. The number of guanidine groups is 1. The Morgan fingerprint density at radius 1 is 1.17 bits per heavy atom. The Kier molecular flexibility index (Phi) is 8.84. The number of alkyl halides is 3. The first-order chi connectivity index (χ1) is 13.9. The number of nitrogens with zero attached hydrogens (tertiary/aromatic N) is 2. The Balaban J connectivity index is 2.10. The van der Waals surface area contributed by atoms with Gasteiger partial charge in [0.2, 0.25) is 0 Å². The lowest BCUT2D eigenvalue weighted by Gasteiger charge is -2.35. The van der Waals surface area contributed by atoms with Crippen molar-refractivity contribution >= 4 is 5.96 Å². The summed E-state index contributed by atoms with van der Waals surface area (Å²) in [5.41, 5.74) is 1.00. The third kappa shape index (κ3) is 7.28. The van der Waals surface area contributed by atoms with Crippen molar-refractivity contribution < 1.29 is 27.4 Å². The molecule has 1 fully saturated rings. The monoisotopic (exact) mass is 418 g/mol. The number of benzene rings is 1. The number of nitrogens with one attached hydrogen (secondary N) is 2. The van der Waals surface area contributed by atoms with Gasteiger partial charge in [-0.15, -0.1) is 0 Å². The van der Waals surface area contributed by atoms with Gasteiger partial charge in [0.05, 0.1) is 39.9 Å². The molecule has 0 aromatic heterocycles. The molecule has 2 N–H and O–H groups in total. The Hall–Kier alpha value is -2.20. The van der Waals surface area contributed by atoms with E-state index in [1.165, 1.54) is 7.05 Å². The topological polar surface area (TPSA) is 67.4 Å². The number of hydrogen-bond acceptors (Lipinski definition) is 5. The van der Waals surface area contributed by atoms with Gasteiger partial charge in [-0.2, -0.15) is 13.2 Å². The lowest BCUT2D eigenvalue weighted by molar-refractivity contribution is -0.132. The van der Waals surface area contributed by atoms with Crippen molar-refractivity contribution in [3.8, 4) is 11.5 Å². The zero-order valence-electron chi connectivity index (χ0n) is 17.0. The lowest BCUT2D eigenvalue weighted by Crippen LogP contribution is -2.46. The van der Waals surface area contributed by atoms with Crippen LogP contribution in [-0.2, 0) is 4.74 Å². The third-order valence-corrected chi connectivity index (χ3v) is 4.67. The highest BCUT2D eigenvalue weighted by molar-refractivity contribution is 5.79.